The van der Waals surface area contributed by atoms with Gasteiger partial charge in [-0.05, 0) is 37.5 Å². The van der Waals surface area contributed by atoms with Gasteiger partial charge in [0.15, 0.2) is 0 Å². The van der Waals surface area contributed by atoms with E-state index in [9.17, 15) is 9.90 Å². The summed E-state index contributed by atoms with van der Waals surface area (Å²) in [5.74, 6) is 0. The zero-order valence-electron chi connectivity index (χ0n) is 12.3. The molecule has 0 heterocycles. The van der Waals surface area contributed by atoms with Crippen molar-refractivity contribution in [3.63, 3.8) is 0 Å². The Kier molecular flexibility index (Phi) is 7.04. The van der Waals surface area contributed by atoms with E-state index in [4.69, 9.17) is 4.74 Å². The third-order valence-corrected chi connectivity index (χ3v) is 3.20. The van der Waals surface area contributed by atoms with Gasteiger partial charge in [0, 0.05) is 19.3 Å². The van der Waals surface area contributed by atoms with Crippen LogP contribution in [0.3, 0.4) is 0 Å². The number of anilines is 1. The molecule has 20 heavy (non-hydrogen) atoms. The highest BCUT2D eigenvalue weighted by Gasteiger charge is 2.07. The molecule has 0 radical (unpaired) electrons. The Morgan fingerprint density at radius 1 is 1.45 bits per heavy atom. The van der Waals surface area contributed by atoms with Crippen LogP contribution in [0.5, 0.6) is 0 Å². The lowest BCUT2D eigenvalue weighted by Crippen LogP contribution is -2.31. The molecule has 0 aliphatic heterocycles. The second-order valence-electron chi connectivity index (χ2n) is 4.74. The maximum Gasteiger partial charge on any atom is 0.319 e. The van der Waals surface area contributed by atoms with Crippen molar-refractivity contribution >= 4 is 11.7 Å². The van der Waals surface area contributed by atoms with Crippen molar-refractivity contribution in [2.75, 3.05) is 19.0 Å². The largest absolute Gasteiger partial charge is 0.393 e. The fraction of sp³-hybridized carbons (Fsp3) is 0.533. The monoisotopic (exact) mass is 280 g/mol. The van der Waals surface area contributed by atoms with E-state index in [1.165, 1.54) is 0 Å². The summed E-state index contributed by atoms with van der Waals surface area (Å²) in [6.45, 7) is 4.31. The molecule has 2 atom stereocenters. The van der Waals surface area contributed by atoms with Crippen molar-refractivity contribution in [2.45, 2.75) is 38.9 Å². The van der Waals surface area contributed by atoms with Gasteiger partial charge >= 0.3 is 6.03 Å². The second kappa shape index (κ2) is 8.55. The van der Waals surface area contributed by atoms with Crippen molar-refractivity contribution in [1.29, 1.82) is 0 Å². The first-order valence-corrected chi connectivity index (χ1v) is 6.92. The standard InChI is InChI=1S/C15H24N2O3/c1-4-14(18)8-9-16-15(19)17-13-7-5-6-12(10-13)11(2)20-3/h5-7,10-11,14,18H,4,8-9H2,1-3H3,(H2,16,17,19). The molecule has 0 saturated carbocycles. The Bertz CT molecular complexity index is 423. The molecule has 0 aliphatic carbocycles. The lowest BCUT2D eigenvalue weighted by Gasteiger charge is -2.13. The molecule has 1 rings (SSSR count). The number of urea groups is 1. The third-order valence-electron chi connectivity index (χ3n) is 3.20. The molecule has 0 aromatic heterocycles. The number of amides is 2. The van der Waals surface area contributed by atoms with Crippen LogP contribution in [-0.2, 0) is 4.74 Å². The highest BCUT2D eigenvalue weighted by atomic mass is 16.5. The first-order valence-electron chi connectivity index (χ1n) is 6.92. The van der Waals surface area contributed by atoms with Crippen LogP contribution in [0.2, 0.25) is 0 Å². The molecule has 2 unspecified atom stereocenters. The van der Waals surface area contributed by atoms with Gasteiger partial charge in [-0.15, -0.1) is 0 Å². The Hall–Kier alpha value is -1.59. The van der Waals surface area contributed by atoms with Crippen LogP contribution in [0.1, 0.15) is 38.4 Å². The minimum absolute atomic E-state index is 0.0143. The molecule has 0 spiro atoms. The number of methoxy groups -OCH3 is 1. The van der Waals surface area contributed by atoms with E-state index in [-0.39, 0.29) is 18.2 Å². The van der Waals surface area contributed by atoms with Crippen LogP contribution in [0.4, 0.5) is 10.5 Å². The number of carbonyl (C=O) groups is 1. The average molecular weight is 280 g/mol. The quantitative estimate of drug-likeness (QED) is 0.719. The van der Waals surface area contributed by atoms with Crippen LogP contribution in [0.15, 0.2) is 24.3 Å². The highest BCUT2D eigenvalue weighted by molar-refractivity contribution is 5.89. The summed E-state index contributed by atoms with van der Waals surface area (Å²) in [4.78, 5) is 11.7. The Balaban J connectivity index is 2.45. The van der Waals surface area contributed by atoms with Gasteiger partial charge in [0.1, 0.15) is 0 Å². The SMILES string of the molecule is CCC(O)CCNC(=O)Nc1cccc(C(C)OC)c1. The Labute approximate surface area is 120 Å². The average Bonchev–Trinajstić information content (AvgIpc) is 2.46. The lowest BCUT2D eigenvalue weighted by atomic mass is 10.1. The van der Waals surface area contributed by atoms with Gasteiger partial charge in [0.25, 0.3) is 0 Å². The minimum Gasteiger partial charge on any atom is -0.393 e. The summed E-state index contributed by atoms with van der Waals surface area (Å²) in [6.07, 6.45) is 0.881. The predicted molar refractivity (Wildman–Crippen MR) is 79.8 cm³/mol. The first-order chi connectivity index (χ1) is 9.56. The van der Waals surface area contributed by atoms with E-state index in [0.717, 1.165) is 11.3 Å². The van der Waals surface area contributed by atoms with Gasteiger partial charge in [-0.25, -0.2) is 4.79 Å². The van der Waals surface area contributed by atoms with E-state index in [1.54, 1.807) is 7.11 Å². The van der Waals surface area contributed by atoms with Crippen molar-refractivity contribution in [2.24, 2.45) is 0 Å². The van der Waals surface area contributed by atoms with Gasteiger partial charge < -0.3 is 20.5 Å². The van der Waals surface area contributed by atoms with Crippen LogP contribution in [0.25, 0.3) is 0 Å². The number of hydrogen-bond acceptors (Lipinski definition) is 3. The zero-order chi connectivity index (χ0) is 15.0. The van der Waals surface area contributed by atoms with Gasteiger partial charge in [-0.1, -0.05) is 19.1 Å². The predicted octanol–water partition coefficient (Wildman–Crippen LogP) is 2.68. The molecule has 1 aromatic carbocycles. The topological polar surface area (TPSA) is 70.6 Å². The fourth-order valence-corrected chi connectivity index (χ4v) is 1.74. The van der Waals surface area contributed by atoms with Gasteiger partial charge in [0.05, 0.1) is 12.2 Å². The van der Waals surface area contributed by atoms with E-state index in [0.29, 0.717) is 19.4 Å². The van der Waals surface area contributed by atoms with Gasteiger partial charge in [-0.2, -0.15) is 0 Å². The fourth-order valence-electron chi connectivity index (χ4n) is 1.74. The van der Waals surface area contributed by atoms with Gasteiger partial charge in [-0.3, -0.25) is 0 Å². The van der Waals surface area contributed by atoms with Gasteiger partial charge in [0.2, 0.25) is 0 Å². The Morgan fingerprint density at radius 3 is 2.85 bits per heavy atom. The summed E-state index contributed by atoms with van der Waals surface area (Å²) in [5.41, 5.74) is 1.73. The number of aliphatic hydroxyl groups is 1. The molecule has 0 saturated heterocycles. The number of nitrogens with one attached hydrogen (secondary N) is 2. The van der Waals surface area contributed by atoms with Crippen LogP contribution in [0, 0.1) is 0 Å². The van der Waals surface area contributed by atoms with E-state index >= 15 is 0 Å². The number of benzene rings is 1. The molecular weight excluding hydrogens is 256 g/mol. The molecule has 0 bridgehead atoms. The molecule has 1 aromatic rings. The summed E-state index contributed by atoms with van der Waals surface area (Å²) in [6, 6.07) is 7.27. The summed E-state index contributed by atoms with van der Waals surface area (Å²) >= 11 is 0. The van der Waals surface area contributed by atoms with E-state index in [1.807, 2.05) is 38.1 Å². The van der Waals surface area contributed by atoms with Crippen molar-refractivity contribution in [3.8, 4) is 0 Å². The molecule has 0 fully saturated rings. The number of ether oxygens (including phenoxy) is 1. The van der Waals surface area contributed by atoms with Crippen LogP contribution < -0.4 is 10.6 Å². The summed E-state index contributed by atoms with van der Waals surface area (Å²) < 4.78 is 5.24. The molecule has 3 N–H and O–H groups in total. The second-order valence-corrected chi connectivity index (χ2v) is 4.74. The summed E-state index contributed by atoms with van der Waals surface area (Å²) in [5, 5.41) is 14.9. The maximum absolute atomic E-state index is 11.7. The van der Waals surface area contributed by atoms with E-state index < -0.39 is 0 Å². The van der Waals surface area contributed by atoms with Crippen molar-refractivity contribution < 1.29 is 14.6 Å². The smallest absolute Gasteiger partial charge is 0.319 e. The molecular formula is C15H24N2O3. The lowest BCUT2D eigenvalue weighted by molar-refractivity contribution is 0.119. The first kappa shape index (κ1) is 16.5. The molecule has 0 aliphatic rings. The minimum atomic E-state index is -0.360. The zero-order valence-corrected chi connectivity index (χ0v) is 12.3. The number of aliphatic hydroxyl groups excluding tert-OH is 1. The molecule has 2 amide bonds. The van der Waals surface area contributed by atoms with Crippen molar-refractivity contribution in [3.05, 3.63) is 29.8 Å². The Morgan fingerprint density at radius 2 is 2.20 bits per heavy atom. The highest BCUT2D eigenvalue weighted by Crippen LogP contribution is 2.19. The maximum atomic E-state index is 11.7. The van der Waals surface area contributed by atoms with E-state index in [2.05, 4.69) is 10.6 Å². The molecule has 5 heteroatoms. The van der Waals surface area contributed by atoms with Crippen LogP contribution in [-0.4, -0.2) is 30.9 Å². The van der Waals surface area contributed by atoms with Crippen LogP contribution >= 0.6 is 0 Å². The summed E-state index contributed by atoms with van der Waals surface area (Å²) in [7, 11) is 1.65. The molecule has 112 valence electrons. The number of hydrogen-bond donors (Lipinski definition) is 3. The number of rotatable bonds is 7. The normalized spacial score (nSPS) is 13.6. The van der Waals surface area contributed by atoms with Crippen molar-refractivity contribution in [1.82, 2.24) is 5.32 Å². The third kappa shape index (κ3) is 5.59. The molecule has 5 nitrogen and oxygen atoms in total. The number of carbonyl (C=O) groups excluding carboxylic acids is 1.